The number of anilines is 1. The number of nitrogens with zero attached hydrogens (tertiary/aromatic N) is 2. The number of aliphatic hydroxyl groups excluding tert-OH is 1. The topological polar surface area (TPSA) is 79.2 Å². The largest absolute Gasteiger partial charge is 0.464 e. The summed E-state index contributed by atoms with van der Waals surface area (Å²) in [5.74, 6) is -0.747. The van der Waals surface area contributed by atoms with Crippen molar-refractivity contribution in [3.05, 3.63) is 34.2 Å². The summed E-state index contributed by atoms with van der Waals surface area (Å²) >= 11 is 0. The van der Waals surface area contributed by atoms with Crippen LogP contribution < -0.4 is 5.01 Å². The molecule has 1 atom stereocenters. The normalized spacial score (nSPS) is 11.8. The van der Waals surface area contributed by atoms with Gasteiger partial charge in [-0.05, 0) is 19.9 Å². The maximum Gasteiger partial charge on any atom is 0.339 e. The van der Waals surface area contributed by atoms with Crippen LogP contribution in [-0.4, -0.2) is 24.7 Å². The van der Waals surface area contributed by atoms with Crippen LogP contribution >= 0.6 is 0 Å². The van der Waals surface area contributed by atoms with Crippen molar-refractivity contribution >= 4 is 11.7 Å². The van der Waals surface area contributed by atoms with Crippen LogP contribution in [0.5, 0.6) is 0 Å². The first-order valence-electron chi connectivity index (χ1n) is 5.53. The highest BCUT2D eigenvalue weighted by atomic mass is 16.5. The lowest BCUT2D eigenvalue weighted by Gasteiger charge is -2.18. The van der Waals surface area contributed by atoms with E-state index in [1.807, 2.05) is 6.92 Å². The minimum absolute atomic E-state index is 0.179. The lowest BCUT2D eigenvalue weighted by atomic mass is 10.0. The summed E-state index contributed by atoms with van der Waals surface area (Å²) in [4.78, 5) is 22.1. The molecule has 0 aliphatic carbocycles. The van der Waals surface area contributed by atoms with E-state index < -0.39 is 12.1 Å². The Hall–Kier alpha value is -1.95. The second kappa shape index (κ2) is 6.11. The second-order valence-corrected chi connectivity index (χ2v) is 3.82. The van der Waals surface area contributed by atoms with Crippen LogP contribution in [0.3, 0.4) is 0 Å². The van der Waals surface area contributed by atoms with Crippen LogP contribution in [-0.2, 0) is 9.53 Å². The SMILES string of the molecule is CCOC(=O)C(O)c1cc(C)ccc1N(C)N=O. The van der Waals surface area contributed by atoms with E-state index in [1.165, 1.54) is 7.05 Å². The summed E-state index contributed by atoms with van der Waals surface area (Å²) in [5.41, 5.74) is 1.53. The van der Waals surface area contributed by atoms with Gasteiger partial charge in [-0.15, -0.1) is 4.91 Å². The minimum atomic E-state index is -1.43. The van der Waals surface area contributed by atoms with Crippen LogP contribution in [0.15, 0.2) is 23.5 Å². The van der Waals surface area contributed by atoms with Crippen molar-refractivity contribution in [2.45, 2.75) is 20.0 Å². The molecule has 98 valence electrons. The van der Waals surface area contributed by atoms with Crippen molar-refractivity contribution in [2.24, 2.45) is 5.29 Å². The molecule has 6 nitrogen and oxygen atoms in total. The van der Waals surface area contributed by atoms with Crippen molar-refractivity contribution < 1.29 is 14.6 Å². The van der Waals surface area contributed by atoms with Gasteiger partial charge in [0.15, 0.2) is 6.10 Å². The Morgan fingerprint density at radius 3 is 2.78 bits per heavy atom. The number of aryl methyl sites for hydroxylation is 1. The molecule has 0 bridgehead atoms. The van der Waals surface area contributed by atoms with Gasteiger partial charge in [0, 0.05) is 12.6 Å². The summed E-state index contributed by atoms with van der Waals surface area (Å²) < 4.78 is 4.75. The van der Waals surface area contributed by atoms with E-state index in [-0.39, 0.29) is 6.61 Å². The summed E-state index contributed by atoms with van der Waals surface area (Å²) in [7, 11) is 1.44. The molecule has 0 aliphatic heterocycles. The predicted octanol–water partition coefficient (Wildman–Crippen LogP) is 1.71. The Balaban J connectivity index is 3.16. The molecule has 0 amide bonds. The number of benzene rings is 1. The third-order valence-electron chi connectivity index (χ3n) is 2.46. The fourth-order valence-corrected chi connectivity index (χ4v) is 1.58. The van der Waals surface area contributed by atoms with Crippen LogP contribution in [0, 0.1) is 11.8 Å². The zero-order valence-corrected chi connectivity index (χ0v) is 10.6. The van der Waals surface area contributed by atoms with Gasteiger partial charge in [0.1, 0.15) is 0 Å². The quantitative estimate of drug-likeness (QED) is 0.490. The number of esters is 1. The Labute approximate surface area is 105 Å². The Bertz CT molecular complexity index is 448. The fourth-order valence-electron chi connectivity index (χ4n) is 1.58. The number of carbonyl (C=O) groups excluding carboxylic acids is 1. The Morgan fingerprint density at radius 2 is 2.22 bits per heavy atom. The maximum absolute atomic E-state index is 11.5. The molecule has 6 heteroatoms. The number of ether oxygens (including phenoxy) is 1. The lowest BCUT2D eigenvalue weighted by molar-refractivity contribution is -0.153. The summed E-state index contributed by atoms with van der Waals surface area (Å²) in [6.07, 6.45) is -1.43. The van der Waals surface area contributed by atoms with Gasteiger partial charge >= 0.3 is 5.97 Å². The van der Waals surface area contributed by atoms with E-state index in [9.17, 15) is 14.8 Å². The maximum atomic E-state index is 11.5. The minimum Gasteiger partial charge on any atom is -0.464 e. The molecule has 0 heterocycles. The van der Waals surface area contributed by atoms with Crippen molar-refractivity contribution in [1.82, 2.24) is 0 Å². The van der Waals surface area contributed by atoms with E-state index >= 15 is 0 Å². The van der Waals surface area contributed by atoms with Gasteiger partial charge in [0.25, 0.3) is 0 Å². The molecule has 0 radical (unpaired) electrons. The Kier molecular flexibility index (Phi) is 4.79. The van der Waals surface area contributed by atoms with Gasteiger partial charge in [0.05, 0.1) is 17.6 Å². The summed E-state index contributed by atoms with van der Waals surface area (Å²) in [6.45, 7) is 3.65. The van der Waals surface area contributed by atoms with E-state index in [1.54, 1.807) is 25.1 Å². The molecule has 1 aromatic rings. The highest BCUT2D eigenvalue weighted by molar-refractivity contribution is 5.79. The third-order valence-corrected chi connectivity index (χ3v) is 2.46. The summed E-state index contributed by atoms with van der Waals surface area (Å²) in [5, 5.41) is 13.7. The van der Waals surface area contributed by atoms with Crippen LogP contribution in [0.25, 0.3) is 0 Å². The van der Waals surface area contributed by atoms with E-state index in [0.717, 1.165) is 10.6 Å². The van der Waals surface area contributed by atoms with Crippen molar-refractivity contribution in [3.63, 3.8) is 0 Å². The molecule has 0 saturated carbocycles. The monoisotopic (exact) mass is 252 g/mol. The molecule has 1 rings (SSSR count). The van der Waals surface area contributed by atoms with Crippen molar-refractivity contribution in [1.29, 1.82) is 0 Å². The number of rotatable bonds is 5. The van der Waals surface area contributed by atoms with Gasteiger partial charge in [0.2, 0.25) is 0 Å². The molecule has 0 aromatic heterocycles. The molecule has 1 unspecified atom stereocenters. The molecule has 0 saturated heterocycles. The van der Waals surface area contributed by atoms with E-state index in [0.29, 0.717) is 11.3 Å². The van der Waals surface area contributed by atoms with Gasteiger partial charge in [-0.1, -0.05) is 17.7 Å². The zero-order valence-electron chi connectivity index (χ0n) is 10.6. The number of aliphatic hydroxyl groups is 1. The second-order valence-electron chi connectivity index (χ2n) is 3.82. The molecule has 1 N–H and O–H groups in total. The van der Waals surface area contributed by atoms with E-state index in [4.69, 9.17) is 4.74 Å². The van der Waals surface area contributed by atoms with Crippen LogP contribution in [0.1, 0.15) is 24.2 Å². The van der Waals surface area contributed by atoms with Gasteiger partial charge in [-0.2, -0.15) is 0 Å². The van der Waals surface area contributed by atoms with Gasteiger partial charge in [-0.3, -0.25) is 0 Å². The third kappa shape index (κ3) is 3.04. The molecule has 18 heavy (non-hydrogen) atoms. The van der Waals surface area contributed by atoms with Crippen LogP contribution in [0.2, 0.25) is 0 Å². The number of hydrogen-bond acceptors (Lipinski definition) is 5. The first-order valence-corrected chi connectivity index (χ1v) is 5.53. The fraction of sp³-hybridized carbons (Fsp3) is 0.417. The molecular weight excluding hydrogens is 236 g/mol. The van der Waals surface area contributed by atoms with Crippen molar-refractivity contribution in [3.8, 4) is 0 Å². The van der Waals surface area contributed by atoms with Crippen LogP contribution in [0.4, 0.5) is 5.69 Å². The molecular formula is C12H16N2O4. The summed E-state index contributed by atoms with van der Waals surface area (Å²) in [6, 6.07) is 5.01. The molecule has 0 fully saturated rings. The van der Waals surface area contributed by atoms with Crippen molar-refractivity contribution in [2.75, 3.05) is 18.7 Å². The predicted molar refractivity (Wildman–Crippen MR) is 67.0 cm³/mol. The van der Waals surface area contributed by atoms with E-state index in [2.05, 4.69) is 5.29 Å². The zero-order chi connectivity index (χ0) is 13.7. The van der Waals surface area contributed by atoms with Gasteiger partial charge < -0.3 is 9.84 Å². The molecule has 0 aliphatic rings. The highest BCUT2D eigenvalue weighted by Crippen LogP contribution is 2.28. The Morgan fingerprint density at radius 1 is 1.56 bits per heavy atom. The highest BCUT2D eigenvalue weighted by Gasteiger charge is 2.23. The molecule has 0 spiro atoms. The first-order chi connectivity index (χ1) is 8.51. The number of hydrogen-bond donors (Lipinski definition) is 1. The number of nitroso groups, excluding NO2 is 1. The number of carbonyl (C=O) groups is 1. The average molecular weight is 252 g/mol. The smallest absolute Gasteiger partial charge is 0.339 e. The first kappa shape index (κ1) is 14.1. The lowest BCUT2D eigenvalue weighted by Crippen LogP contribution is -2.19. The average Bonchev–Trinajstić information content (AvgIpc) is 2.37. The molecule has 1 aromatic carbocycles. The standard InChI is InChI=1S/C12H16N2O4/c1-4-18-12(16)11(15)9-7-8(2)5-6-10(9)14(3)13-17/h5-7,11,15H,4H2,1-3H3. The van der Waals surface area contributed by atoms with Gasteiger partial charge in [-0.25, -0.2) is 9.80 Å².